The Bertz CT molecular complexity index is 130. The van der Waals surface area contributed by atoms with Crippen molar-refractivity contribution in [2.24, 2.45) is 0 Å². The molecule has 0 fully saturated rings. The third-order valence-electron chi connectivity index (χ3n) is 1.15. The van der Waals surface area contributed by atoms with Gasteiger partial charge >= 0.3 is 8.56 Å². The predicted octanol–water partition coefficient (Wildman–Crippen LogP) is 2.78. The second-order valence-corrected chi connectivity index (χ2v) is 12.4. The third-order valence-corrected chi connectivity index (χ3v) is 6.46. The molecule has 0 N–H and O–H groups in total. The molecule has 0 spiro atoms. The van der Waals surface area contributed by atoms with Gasteiger partial charge in [0.15, 0.2) is 8.32 Å². The van der Waals surface area contributed by atoms with E-state index in [0.29, 0.717) is 0 Å². The van der Waals surface area contributed by atoms with Gasteiger partial charge in [0, 0.05) is 6.61 Å². The summed E-state index contributed by atoms with van der Waals surface area (Å²) in [7, 11) is -3.26. The van der Waals surface area contributed by atoms with Crippen LogP contribution in [0.2, 0.25) is 32.7 Å². The lowest BCUT2D eigenvalue weighted by Crippen LogP contribution is -2.44. The highest BCUT2D eigenvalue weighted by Gasteiger charge is 2.30. The van der Waals surface area contributed by atoms with Crippen LogP contribution in [0.15, 0.2) is 0 Å². The largest absolute Gasteiger partial charge is 0.436 e. The molecule has 0 bridgehead atoms. The molecule has 0 rings (SSSR count). The van der Waals surface area contributed by atoms with Crippen LogP contribution in [-0.4, -0.2) is 23.5 Å². The van der Waals surface area contributed by atoms with Gasteiger partial charge in [0.2, 0.25) is 0 Å². The van der Waals surface area contributed by atoms with Crippen molar-refractivity contribution in [2.75, 3.05) is 6.61 Å². The minimum absolute atomic E-state index is 0.726. The monoisotopic (exact) mass is 205 g/mol. The standard InChI is InChI=1S/C8H21O2Si2/c1-7-8-9-12(5,6)10-11(2,3)4/h1,7-8H2,2-6H3. The third kappa shape index (κ3) is 7.03. The maximum Gasteiger partial charge on any atom is 0.321 e. The van der Waals surface area contributed by atoms with Gasteiger partial charge in [0.25, 0.3) is 0 Å². The molecule has 0 unspecified atom stereocenters. The lowest BCUT2D eigenvalue weighted by molar-refractivity contribution is 0.251. The first-order valence-electron chi connectivity index (χ1n) is 4.40. The Morgan fingerprint density at radius 2 is 1.58 bits per heavy atom. The van der Waals surface area contributed by atoms with Crippen molar-refractivity contribution < 1.29 is 8.54 Å². The van der Waals surface area contributed by atoms with Crippen LogP contribution in [0.3, 0.4) is 0 Å². The minimum Gasteiger partial charge on any atom is -0.436 e. The SMILES string of the molecule is [CH2]CCO[Si](C)(C)O[Si](C)(C)C. The fourth-order valence-electron chi connectivity index (χ4n) is 1.08. The zero-order valence-corrected chi connectivity index (χ0v) is 10.9. The quantitative estimate of drug-likeness (QED) is 0.643. The molecule has 0 atom stereocenters. The van der Waals surface area contributed by atoms with Gasteiger partial charge < -0.3 is 8.54 Å². The van der Waals surface area contributed by atoms with Crippen molar-refractivity contribution in [3.8, 4) is 0 Å². The van der Waals surface area contributed by atoms with E-state index in [1.807, 2.05) is 0 Å². The van der Waals surface area contributed by atoms with Crippen LogP contribution in [0.5, 0.6) is 0 Å². The van der Waals surface area contributed by atoms with Crippen LogP contribution < -0.4 is 0 Å². The maximum atomic E-state index is 5.96. The maximum absolute atomic E-state index is 5.96. The highest BCUT2D eigenvalue weighted by atomic mass is 28.4. The molecule has 0 aromatic carbocycles. The zero-order chi connectivity index (χ0) is 9.83. The van der Waals surface area contributed by atoms with Gasteiger partial charge in [-0.05, 0) is 39.2 Å². The average Bonchev–Trinajstić information content (AvgIpc) is 1.78. The summed E-state index contributed by atoms with van der Waals surface area (Å²) in [4.78, 5) is 0. The Hall–Kier alpha value is 0.354. The average molecular weight is 205 g/mol. The van der Waals surface area contributed by atoms with E-state index < -0.39 is 16.9 Å². The Morgan fingerprint density at radius 3 is 1.92 bits per heavy atom. The molecule has 0 saturated carbocycles. The Kier molecular flexibility index (Phi) is 4.69. The van der Waals surface area contributed by atoms with Gasteiger partial charge in [-0.2, -0.15) is 0 Å². The van der Waals surface area contributed by atoms with Crippen molar-refractivity contribution in [3.05, 3.63) is 6.92 Å². The lowest BCUT2D eigenvalue weighted by Gasteiger charge is -2.30. The summed E-state index contributed by atoms with van der Waals surface area (Å²) in [6.45, 7) is 15.2. The van der Waals surface area contributed by atoms with E-state index in [2.05, 4.69) is 39.7 Å². The molecule has 0 aliphatic carbocycles. The molecule has 0 aliphatic rings. The molecular weight excluding hydrogens is 184 g/mol. The second-order valence-electron chi connectivity index (χ2n) is 4.32. The first-order chi connectivity index (χ1) is 5.27. The predicted molar refractivity (Wildman–Crippen MR) is 57.8 cm³/mol. The summed E-state index contributed by atoms with van der Waals surface area (Å²) >= 11 is 0. The first-order valence-corrected chi connectivity index (χ1v) is 10.6. The van der Waals surface area contributed by atoms with Crippen LogP contribution in [0.4, 0.5) is 0 Å². The summed E-state index contributed by atoms with van der Waals surface area (Å²) in [6, 6.07) is 0. The van der Waals surface area contributed by atoms with Gasteiger partial charge in [0.1, 0.15) is 0 Å². The molecule has 0 aromatic rings. The van der Waals surface area contributed by atoms with Gasteiger partial charge in [-0.15, -0.1) is 0 Å². The summed E-state index contributed by atoms with van der Waals surface area (Å²) in [6.07, 6.45) is 0.825. The molecule has 0 aromatic heterocycles. The summed E-state index contributed by atoms with van der Waals surface area (Å²) < 4.78 is 11.6. The van der Waals surface area contributed by atoms with Crippen molar-refractivity contribution in [1.29, 1.82) is 0 Å². The summed E-state index contributed by atoms with van der Waals surface area (Å²) in [5.74, 6) is 0. The molecule has 2 nitrogen and oxygen atoms in total. The van der Waals surface area contributed by atoms with Crippen molar-refractivity contribution in [2.45, 2.75) is 39.2 Å². The van der Waals surface area contributed by atoms with Crippen molar-refractivity contribution in [1.82, 2.24) is 0 Å². The number of hydrogen-bond donors (Lipinski definition) is 0. The fraction of sp³-hybridized carbons (Fsp3) is 0.875. The molecule has 0 amide bonds. The normalized spacial score (nSPS) is 13.5. The molecule has 0 aliphatic heterocycles. The Labute approximate surface area is 78.7 Å². The number of rotatable bonds is 5. The minimum atomic E-state index is -1.84. The van der Waals surface area contributed by atoms with Crippen LogP contribution in [0.25, 0.3) is 0 Å². The van der Waals surface area contributed by atoms with Crippen molar-refractivity contribution >= 4 is 16.9 Å². The lowest BCUT2D eigenvalue weighted by atomic mass is 10.5. The highest BCUT2D eigenvalue weighted by Crippen LogP contribution is 2.15. The van der Waals surface area contributed by atoms with Gasteiger partial charge in [-0.25, -0.2) is 0 Å². The van der Waals surface area contributed by atoms with Gasteiger partial charge in [-0.3, -0.25) is 0 Å². The van der Waals surface area contributed by atoms with E-state index in [1.54, 1.807) is 0 Å². The van der Waals surface area contributed by atoms with E-state index in [9.17, 15) is 0 Å². The van der Waals surface area contributed by atoms with E-state index in [0.717, 1.165) is 13.0 Å². The smallest absolute Gasteiger partial charge is 0.321 e. The van der Waals surface area contributed by atoms with Crippen LogP contribution in [-0.2, 0) is 8.54 Å². The van der Waals surface area contributed by atoms with Gasteiger partial charge in [0.05, 0.1) is 0 Å². The van der Waals surface area contributed by atoms with E-state index >= 15 is 0 Å². The van der Waals surface area contributed by atoms with E-state index in [1.165, 1.54) is 0 Å². The molecule has 0 heterocycles. The second kappa shape index (κ2) is 4.55. The van der Waals surface area contributed by atoms with Crippen molar-refractivity contribution in [3.63, 3.8) is 0 Å². The zero-order valence-electron chi connectivity index (χ0n) is 8.94. The molecular formula is C8H21O2Si2. The van der Waals surface area contributed by atoms with E-state index in [4.69, 9.17) is 8.54 Å². The van der Waals surface area contributed by atoms with Crippen LogP contribution >= 0.6 is 0 Å². The molecule has 0 saturated heterocycles. The van der Waals surface area contributed by atoms with Gasteiger partial charge in [-0.1, -0.05) is 6.92 Å². The van der Waals surface area contributed by atoms with Crippen LogP contribution in [0.1, 0.15) is 6.42 Å². The number of hydrogen-bond acceptors (Lipinski definition) is 2. The molecule has 4 heteroatoms. The van der Waals surface area contributed by atoms with Crippen LogP contribution in [0, 0.1) is 6.92 Å². The Balaban J connectivity index is 3.86. The topological polar surface area (TPSA) is 18.5 Å². The Morgan fingerprint density at radius 1 is 1.08 bits per heavy atom. The molecule has 73 valence electrons. The summed E-state index contributed by atoms with van der Waals surface area (Å²) in [5, 5.41) is 0. The summed E-state index contributed by atoms with van der Waals surface area (Å²) in [5.41, 5.74) is 0. The fourth-order valence-corrected chi connectivity index (χ4v) is 7.86. The van der Waals surface area contributed by atoms with E-state index in [-0.39, 0.29) is 0 Å². The molecule has 1 radical (unpaired) electrons. The molecule has 12 heavy (non-hydrogen) atoms. The highest BCUT2D eigenvalue weighted by molar-refractivity contribution is 6.81. The first kappa shape index (κ1) is 12.4.